The fraction of sp³-hybridized carbons (Fsp3) is 0.0769. The van der Waals surface area contributed by atoms with E-state index in [0.29, 0.717) is 0 Å². The molecule has 2 rings (SSSR count). The molecule has 0 fully saturated rings. The molecule has 0 aliphatic carbocycles. The van der Waals surface area contributed by atoms with Gasteiger partial charge in [0.05, 0.1) is 0 Å². The molecule has 0 aliphatic rings. The zero-order valence-electron chi connectivity index (χ0n) is 8.24. The lowest BCUT2D eigenvalue weighted by Crippen LogP contribution is -1.88. The van der Waals surface area contributed by atoms with Crippen LogP contribution in [0.15, 0.2) is 42.3 Å². The van der Waals surface area contributed by atoms with Gasteiger partial charge in [-0.15, -0.1) is 11.3 Å². The number of rotatable bonds is 3. The molecule has 1 aromatic heterocycles. The highest BCUT2D eigenvalue weighted by Crippen LogP contribution is 2.21. The van der Waals surface area contributed by atoms with Crippen LogP contribution in [0.2, 0.25) is 0 Å². The van der Waals surface area contributed by atoms with Crippen LogP contribution in [-0.4, -0.2) is 0 Å². The summed E-state index contributed by atoms with van der Waals surface area (Å²) in [6.07, 6.45) is 2.61. The third-order valence-corrected chi connectivity index (χ3v) is 3.20. The minimum atomic E-state index is -0.178. The maximum absolute atomic E-state index is 13.0. The van der Waals surface area contributed by atoms with E-state index >= 15 is 0 Å². The average molecular weight is 218 g/mol. The molecule has 0 spiro atoms. The molecule has 0 nitrogen and oxygen atoms in total. The van der Waals surface area contributed by atoms with Crippen molar-refractivity contribution in [1.82, 2.24) is 0 Å². The van der Waals surface area contributed by atoms with Gasteiger partial charge < -0.3 is 0 Å². The van der Waals surface area contributed by atoms with Gasteiger partial charge in [0.15, 0.2) is 0 Å². The third kappa shape index (κ3) is 2.34. The van der Waals surface area contributed by atoms with E-state index in [1.54, 1.807) is 23.5 Å². The maximum Gasteiger partial charge on any atom is 0.123 e. The van der Waals surface area contributed by atoms with Crippen molar-refractivity contribution in [3.63, 3.8) is 0 Å². The summed E-state index contributed by atoms with van der Waals surface area (Å²) in [7, 11) is 0. The number of hydrogen-bond acceptors (Lipinski definition) is 1. The van der Waals surface area contributed by atoms with Crippen LogP contribution in [0.5, 0.6) is 0 Å². The van der Waals surface area contributed by atoms with Crippen LogP contribution in [0.3, 0.4) is 0 Å². The third-order valence-electron chi connectivity index (χ3n) is 2.25. The minimum Gasteiger partial charge on any atom is -0.207 e. The number of benzene rings is 1. The van der Waals surface area contributed by atoms with Gasteiger partial charge in [0, 0.05) is 4.88 Å². The highest BCUT2D eigenvalue weighted by Gasteiger charge is 2.02. The Hall–Kier alpha value is -1.41. The molecule has 1 heterocycles. The summed E-state index contributed by atoms with van der Waals surface area (Å²) in [5.41, 5.74) is 2.21. The number of thiophene rings is 1. The summed E-state index contributed by atoms with van der Waals surface area (Å²) >= 11 is 1.66. The van der Waals surface area contributed by atoms with Gasteiger partial charge in [-0.05, 0) is 41.1 Å². The molecule has 0 N–H and O–H groups in total. The van der Waals surface area contributed by atoms with Crippen LogP contribution in [-0.2, 0) is 6.42 Å². The van der Waals surface area contributed by atoms with Gasteiger partial charge in [-0.25, -0.2) is 4.39 Å². The first-order chi connectivity index (χ1) is 7.29. The van der Waals surface area contributed by atoms with Crippen molar-refractivity contribution in [2.45, 2.75) is 6.42 Å². The Morgan fingerprint density at radius 1 is 1.33 bits per heavy atom. The largest absolute Gasteiger partial charge is 0.207 e. The molecule has 2 heteroatoms. The molecule has 1 aromatic carbocycles. The summed E-state index contributed by atoms with van der Waals surface area (Å²) < 4.78 is 13.0. The van der Waals surface area contributed by atoms with E-state index in [4.69, 9.17) is 0 Å². The van der Waals surface area contributed by atoms with Gasteiger partial charge in [0.1, 0.15) is 5.82 Å². The highest BCUT2D eigenvalue weighted by molar-refractivity contribution is 7.11. The fourth-order valence-corrected chi connectivity index (χ4v) is 2.31. The van der Waals surface area contributed by atoms with E-state index in [1.807, 2.05) is 17.5 Å². The second-order valence-electron chi connectivity index (χ2n) is 3.32. The molecule has 0 aliphatic heterocycles. The van der Waals surface area contributed by atoms with Gasteiger partial charge in [0.2, 0.25) is 0 Å². The maximum atomic E-state index is 13.0. The van der Waals surface area contributed by atoms with Crippen molar-refractivity contribution >= 4 is 17.4 Å². The van der Waals surface area contributed by atoms with Crippen molar-refractivity contribution < 1.29 is 4.39 Å². The quantitative estimate of drug-likeness (QED) is 0.727. The van der Waals surface area contributed by atoms with E-state index in [0.717, 1.165) is 12.0 Å². The highest BCUT2D eigenvalue weighted by atomic mass is 32.1. The molecule has 0 saturated heterocycles. The number of hydrogen-bond donors (Lipinski definition) is 0. The second kappa shape index (κ2) is 4.41. The molecule has 2 aromatic rings. The van der Waals surface area contributed by atoms with Crippen LogP contribution in [0.4, 0.5) is 4.39 Å². The molecule has 0 radical (unpaired) electrons. The standard InChI is InChI=1S/C13H11FS/c1-2-13-11(6-7-15-13)8-10-4-3-5-12(14)9-10/h2-7,9H,1,8H2. The van der Waals surface area contributed by atoms with Crippen LogP contribution >= 0.6 is 11.3 Å². The van der Waals surface area contributed by atoms with Crippen molar-refractivity contribution in [2.24, 2.45) is 0 Å². The molecule has 0 saturated carbocycles. The predicted molar refractivity (Wildman–Crippen MR) is 63.6 cm³/mol. The Morgan fingerprint density at radius 2 is 2.20 bits per heavy atom. The van der Waals surface area contributed by atoms with Crippen molar-refractivity contribution in [2.75, 3.05) is 0 Å². The first kappa shape index (κ1) is 10.1. The lowest BCUT2D eigenvalue weighted by atomic mass is 10.1. The van der Waals surface area contributed by atoms with E-state index in [2.05, 4.69) is 12.6 Å². The lowest BCUT2D eigenvalue weighted by Gasteiger charge is -2.01. The molecule has 0 unspecified atom stereocenters. The van der Waals surface area contributed by atoms with E-state index in [1.165, 1.54) is 16.5 Å². The van der Waals surface area contributed by atoms with Gasteiger partial charge in [0.25, 0.3) is 0 Å². The molecular formula is C13H11FS. The van der Waals surface area contributed by atoms with Crippen LogP contribution in [0, 0.1) is 5.82 Å². The Labute approximate surface area is 92.7 Å². The van der Waals surface area contributed by atoms with Gasteiger partial charge in [-0.1, -0.05) is 24.8 Å². The molecule has 0 amide bonds. The Morgan fingerprint density at radius 3 is 2.93 bits per heavy atom. The molecule has 0 atom stereocenters. The van der Waals surface area contributed by atoms with E-state index < -0.39 is 0 Å². The van der Waals surface area contributed by atoms with E-state index in [9.17, 15) is 4.39 Å². The van der Waals surface area contributed by atoms with Crippen LogP contribution < -0.4 is 0 Å². The smallest absolute Gasteiger partial charge is 0.123 e. The van der Waals surface area contributed by atoms with E-state index in [-0.39, 0.29) is 5.82 Å². The Bertz CT molecular complexity index is 471. The molecule has 76 valence electrons. The topological polar surface area (TPSA) is 0 Å². The molecule has 0 bridgehead atoms. The minimum absolute atomic E-state index is 0.178. The SMILES string of the molecule is C=Cc1sccc1Cc1cccc(F)c1. The molecule has 15 heavy (non-hydrogen) atoms. The zero-order chi connectivity index (χ0) is 10.7. The fourth-order valence-electron chi connectivity index (χ4n) is 1.54. The summed E-state index contributed by atoms with van der Waals surface area (Å²) in [5, 5.41) is 2.03. The lowest BCUT2D eigenvalue weighted by molar-refractivity contribution is 0.626. The second-order valence-corrected chi connectivity index (χ2v) is 4.27. The van der Waals surface area contributed by atoms with Crippen molar-refractivity contribution in [1.29, 1.82) is 0 Å². The summed E-state index contributed by atoms with van der Waals surface area (Å²) in [6.45, 7) is 3.76. The summed E-state index contributed by atoms with van der Waals surface area (Å²) in [5.74, 6) is -0.178. The first-order valence-electron chi connectivity index (χ1n) is 4.73. The average Bonchev–Trinajstić information content (AvgIpc) is 2.65. The van der Waals surface area contributed by atoms with Crippen LogP contribution in [0.1, 0.15) is 16.0 Å². The van der Waals surface area contributed by atoms with Gasteiger partial charge >= 0.3 is 0 Å². The monoisotopic (exact) mass is 218 g/mol. The van der Waals surface area contributed by atoms with Crippen LogP contribution in [0.25, 0.3) is 6.08 Å². The first-order valence-corrected chi connectivity index (χ1v) is 5.61. The number of halogens is 1. The Balaban J connectivity index is 2.25. The summed E-state index contributed by atoms with van der Waals surface area (Å²) in [6, 6.07) is 8.78. The van der Waals surface area contributed by atoms with Gasteiger partial charge in [-0.3, -0.25) is 0 Å². The normalized spacial score (nSPS) is 10.2. The van der Waals surface area contributed by atoms with Gasteiger partial charge in [-0.2, -0.15) is 0 Å². The van der Waals surface area contributed by atoms with Crippen molar-refractivity contribution in [3.05, 3.63) is 64.1 Å². The molecular weight excluding hydrogens is 207 g/mol. The predicted octanol–water partition coefficient (Wildman–Crippen LogP) is 4.12. The zero-order valence-corrected chi connectivity index (χ0v) is 9.06. The summed E-state index contributed by atoms with van der Waals surface area (Å²) in [4.78, 5) is 1.17. The Kier molecular flexibility index (Phi) is 2.97. The van der Waals surface area contributed by atoms with Crippen molar-refractivity contribution in [3.8, 4) is 0 Å².